The number of carbonyl (C=O) groups is 1. The minimum atomic E-state index is -0.363. The topological polar surface area (TPSA) is 100 Å². The van der Waals surface area contributed by atoms with Crippen LogP contribution in [-0.4, -0.2) is 39.1 Å². The van der Waals surface area contributed by atoms with Crippen molar-refractivity contribution in [1.29, 1.82) is 0 Å². The van der Waals surface area contributed by atoms with E-state index in [-0.39, 0.29) is 30.0 Å². The summed E-state index contributed by atoms with van der Waals surface area (Å²) in [5, 5.41) is 15.5. The summed E-state index contributed by atoms with van der Waals surface area (Å²) in [4.78, 5) is 26.2. The van der Waals surface area contributed by atoms with E-state index in [1.165, 1.54) is 12.1 Å². The molecule has 0 aliphatic rings. The fraction of sp³-hybridized carbons (Fsp3) is 0.130. The highest BCUT2D eigenvalue weighted by Gasteiger charge is 2.18. The molecule has 0 aliphatic carbocycles. The summed E-state index contributed by atoms with van der Waals surface area (Å²) in [5.41, 5.74) is 2.62. The van der Waals surface area contributed by atoms with E-state index >= 15 is 0 Å². The van der Waals surface area contributed by atoms with Gasteiger partial charge in [-0.15, -0.1) is 0 Å². The lowest BCUT2D eigenvalue weighted by molar-refractivity contribution is 0.0947. The Labute approximate surface area is 191 Å². The molecule has 0 bridgehead atoms. The van der Waals surface area contributed by atoms with Crippen LogP contribution in [-0.2, 0) is 0 Å². The third-order valence-corrected chi connectivity index (χ3v) is 5.36. The Morgan fingerprint density at radius 1 is 1.06 bits per heavy atom. The van der Waals surface area contributed by atoms with Crippen LogP contribution < -0.4 is 10.6 Å². The van der Waals surface area contributed by atoms with Crippen molar-refractivity contribution in [1.82, 2.24) is 20.3 Å². The van der Waals surface area contributed by atoms with Crippen LogP contribution in [0.25, 0.3) is 22.2 Å². The summed E-state index contributed by atoms with van der Waals surface area (Å²) >= 11 is 3.54. The van der Waals surface area contributed by atoms with Crippen LogP contribution in [0.5, 0.6) is 0 Å². The van der Waals surface area contributed by atoms with Gasteiger partial charge in [-0.1, -0.05) is 34.1 Å². The van der Waals surface area contributed by atoms with Crippen LogP contribution in [0.3, 0.4) is 0 Å². The van der Waals surface area contributed by atoms with Crippen LogP contribution in [0.4, 0.5) is 16.0 Å². The van der Waals surface area contributed by atoms with E-state index in [1.54, 1.807) is 18.3 Å². The Bertz CT molecular complexity index is 1270. The Hall–Kier alpha value is -3.43. The van der Waals surface area contributed by atoms with Crippen molar-refractivity contribution >= 4 is 44.5 Å². The van der Waals surface area contributed by atoms with E-state index in [4.69, 9.17) is 5.11 Å². The van der Waals surface area contributed by atoms with Gasteiger partial charge < -0.3 is 15.7 Å². The fourth-order valence-corrected chi connectivity index (χ4v) is 3.61. The quantitative estimate of drug-likeness (QED) is 0.327. The maximum atomic E-state index is 13.1. The molecule has 9 heteroatoms. The minimum Gasteiger partial charge on any atom is -0.396 e. The summed E-state index contributed by atoms with van der Waals surface area (Å²) in [5.74, 6) is -0.428. The molecule has 4 aromatic rings. The number of rotatable bonds is 7. The van der Waals surface area contributed by atoms with Crippen LogP contribution in [0, 0.1) is 5.82 Å². The number of aliphatic hydroxyl groups excluding tert-OH is 1. The average molecular weight is 496 g/mol. The lowest BCUT2D eigenvalue weighted by atomic mass is 10.0. The number of nitrogens with one attached hydrogen (secondary N) is 2. The van der Waals surface area contributed by atoms with Gasteiger partial charge >= 0.3 is 0 Å². The van der Waals surface area contributed by atoms with Gasteiger partial charge in [0, 0.05) is 40.5 Å². The Morgan fingerprint density at radius 2 is 1.84 bits per heavy atom. The molecule has 2 heterocycles. The lowest BCUT2D eigenvalue weighted by Crippen LogP contribution is -2.26. The molecule has 0 atom stereocenters. The smallest absolute Gasteiger partial charge is 0.270 e. The molecule has 0 radical (unpaired) electrons. The molecular weight excluding hydrogens is 477 g/mol. The largest absolute Gasteiger partial charge is 0.396 e. The van der Waals surface area contributed by atoms with Crippen LogP contribution in [0.2, 0.25) is 0 Å². The van der Waals surface area contributed by atoms with Crippen molar-refractivity contribution in [3.8, 4) is 11.1 Å². The Kier molecular flexibility index (Phi) is 6.67. The second kappa shape index (κ2) is 9.80. The zero-order valence-corrected chi connectivity index (χ0v) is 18.4. The van der Waals surface area contributed by atoms with E-state index in [0.29, 0.717) is 35.2 Å². The van der Waals surface area contributed by atoms with E-state index < -0.39 is 0 Å². The minimum absolute atomic E-state index is 0.0197. The van der Waals surface area contributed by atoms with Crippen molar-refractivity contribution in [2.45, 2.75) is 6.42 Å². The number of benzene rings is 2. The van der Waals surface area contributed by atoms with Gasteiger partial charge in [0.2, 0.25) is 5.95 Å². The number of anilines is 2. The van der Waals surface area contributed by atoms with Crippen molar-refractivity contribution in [2.75, 3.05) is 18.5 Å². The van der Waals surface area contributed by atoms with E-state index in [0.717, 1.165) is 10.0 Å². The van der Waals surface area contributed by atoms with Gasteiger partial charge in [-0.25, -0.2) is 14.4 Å². The van der Waals surface area contributed by atoms with E-state index in [1.807, 2.05) is 30.3 Å². The van der Waals surface area contributed by atoms with Gasteiger partial charge in [-0.05, 0) is 48.4 Å². The normalized spacial score (nSPS) is 10.8. The van der Waals surface area contributed by atoms with Crippen molar-refractivity contribution in [2.24, 2.45) is 0 Å². The molecule has 0 aliphatic heterocycles. The number of carbonyl (C=O) groups excluding carboxylic acids is 1. The van der Waals surface area contributed by atoms with Gasteiger partial charge in [-0.3, -0.25) is 4.79 Å². The Balaban J connectivity index is 1.76. The number of nitrogens with zero attached hydrogens (tertiary/aromatic N) is 3. The second-order valence-corrected chi connectivity index (χ2v) is 7.79. The highest BCUT2D eigenvalue weighted by molar-refractivity contribution is 9.10. The van der Waals surface area contributed by atoms with Crippen LogP contribution >= 0.6 is 15.9 Å². The van der Waals surface area contributed by atoms with Crippen LogP contribution in [0.1, 0.15) is 16.9 Å². The molecule has 7 nitrogen and oxygen atoms in total. The monoisotopic (exact) mass is 495 g/mol. The van der Waals surface area contributed by atoms with E-state index in [9.17, 15) is 9.18 Å². The highest BCUT2D eigenvalue weighted by Crippen LogP contribution is 2.32. The summed E-state index contributed by atoms with van der Waals surface area (Å²) in [6.07, 6.45) is 2.06. The van der Waals surface area contributed by atoms with Gasteiger partial charge in [-0.2, -0.15) is 4.98 Å². The molecule has 2 aromatic heterocycles. The number of halogens is 2. The number of hydrogen-bond donors (Lipinski definition) is 3. The van der Waals surface area contributed by atoms with Crippen molar-refractivity contribution < 1.29 is 14.3 Å². The SMILES string of the molecule is O=C(NCCCO)c1nc2nc(Nc3ccc(F)cc3)ncc2cc1-c1ccccc1Br. The molecular formula is C23H19BrFN5O2. The lowest BCUT2D eigenvalue weighted by Gasteiger charge is -2.13. The molecule has 2 aromatic carbocycles. The van der Waals surface area contributed by atoms with Gasteiger partial charge in [0.25, 0.3) is 5.91 Å². The molecule has 0 saturated heterocycles. The van der Waals surface area contributed by atoms with Gasteiger partial charge in [0.15, 0.2) is 5.65 Å². The molecule has 3 N–H and O–H groups in total. The summed E-state index contributed by atoms with van der Waals surface area (Å²) < 4.78 is 14.0. The summed E-state index contributed by atoms with van der Waals surface area (Å²) in [6, 6.07) is 15.2. The molecule has 0 fully saturated rings. The Morgan fingerprint density at radius 3 is 2.59 bits per heavy atom. The number of aliphatic hydroxyl groups is 1. The first-order valence-electron chi connectivity index (χ1n) is 9.89. The third kappa shape index (κ3) is 4.90. The average Bonchev–Trinajstić information content (AvgIpc) is 2.80. The number of amides is 1. The van der Waals surface area contributed by atoms with Crippen molar-refractivity contribution in [3.05, 3.63) is 76.8 Å². The maximum Gasteiger partial charge on any atom is 0.270 e. The molecule has 1 amide bonds. The number of hydrogen-bond acceptors (Lipinski definition) is 6. The first kappa shape index (κ1) is 21.8. The fourth-order valence-electron chi connectivity index (χ4n) is 3.11. The molecule has 32 heavy (non-hydrogen) atoms. The summed E-state index contributed by atoms with van der Waals surface area (Å²) in [6.45, 7) is 0.305. The summed E-state index contributed by atoms with van der Waals surface area (Å²) in [7, 11) is 0. The first-order chi connectivity index (χ1) is 15.5. The zero-order valence-electron chi connectivity index (χ0n) is 16.8. The van der Waals surface area contributed by atoms with Crippen LogP contribution in [0.15, 0.2) is 65.3 Å². The van der Waals surface area contributed by atoms with Gasteiger partial charge in [0.05, 0.1) is 0 Å². The zero-order chi connectivity index (χ0) is 22.5. The molecule has 0 saturated carbocycles. The molecule has 0 unspecified atom stereocenters. The predicted octanol–water partition coefficient (Wildman–Crippen LogP) is 4.45. The number of pyridine rings is 1. The van der Waals surface area contributed by atoms with E-state index in [2.05, 4.69) is 41.5 Å². The first-order valence-corrected chi connectivity index (χ1v) is 10.7. The number of aromatic nitrogens is 3. The maximum absolute atomic E-state index is 13.1. The highest BCUT2D eigenvalue weighted by atomic mass is 79.9. The molecule has 0 spiro atoms. The second-order valence-electron chi connectivity index (χ2n) is 6.94. The number of fused-ring (bicyclic) bond motifs is 1. The standard InChI is InChI=1S/C23H19BrFN5O2/c24-19-5-2-1-4-17(19)18-12-14-13-27-23(28-16-8-6-15(25)7-9-16)30-21(14)29-20(18)22(32)26-10-3-11-31/h1-2,4-9,12-13,31H,3,10-11H2,(H,26,32)(H,27,28,29,30). The molecule has 4 rings (SSSR count). The van der Waals surface area contributed by atoms with Gasteiger partial charge in [0.1, 0.15) is 11.5 Å². The third-order valence-electron chi connectivity index (χ3n) is 4.67. The predicted molar refractivity (Wildman–Crippen MR) is 124 cm³/mol. The molecule has 162 valence electrons. The van der Waals surface area contributed by atoms with Crippen molar-refractivity contribution in [3.63, 3.8) is 0 Å².